The predicted molar refractivity (Wildman–Crippen MR) is 90.7 cm³/mol. The number of carbonyl (C=O) groups excluding carboxylic acids is 2. The van der Waals surface area contributed by atoms with Crippen LogP contribution in [0, 0.1) is 6.92 Å². The van der Waals surface area contributed by atoms with Crippen LogP contribution >= 0.6 is 0 Å². The summed E-state index contributed by atoms with van der Waals surface area (Å²) >= 11 is 0. The van der Waals surface area contributed by atoms with Crippen molar-refractivity contribution in [1.29, 1.82) is 0 Å². The highest BCUT2D eigenvalue weighted by Gasteiger charge is 2.08. The molecule has 5 heteroatoms. The lowest BCUT2D eigenvalue weighted by atomic mass is 10.2. The van der Waals surface area contributed by atoms with E-state index in [1.54, 1.807) is 31.2 Å². The van der Waals surface area contributed by atoms with E-state index in [1.807, 2.05) is 31.2 Å². The molecule has 2 N–H and O–H groups in total. The van der Waals surface area contributed by atoms with Gasteiger partial charge in [0.25, 0.3) is 0 Å². The van der Waals surface area contributed by atoms with Crippen LogP contribution in [0.15, 0.2) is 48.5 Å². The summed E-state index contributed by atoms with van der Waals surface area (Å²) in [6.07, 6.45) is 0. The van der Waals surface area contributed by atoms with Gasteiger partial charge in [-0.15, -0.1) is 0 Å². The summed E-state index contributed by atoms with van der Waals surface area (Å²) < 4.78 is 4.94. The Morgan fingerprint density at radius 2 is 1.87 bits per heavy atom. The molecule has 0 radical (unpaired) electrons. The van der Waals surface area contributed by atoms with Crippen LogP contribution in [0.3, 0.4) is 0 Å². The van der Waals surface area contributed by atoms with E-state index in [0.29, 0.717) is 17.9 Å². The molecule has 2 aromatic rings. The number of carbonyl (C=O) groups is 2. The van der Waals surface area contributed by atoms with Gasteiger partial charge in [-0.3, -0.25) is 4.79 Å². The summed E-state index contributed by atoms with van der Waals surface area (Å²) in [5.41, 5.74) is 2.97. The summed E-state index contributed by atoms with van der Waals surface area (Å²) in [6.45, 7) is 4.19. The smallest absolute Gasteiger partial charge is 0.338 e. The first-order valence-corrected chi connectivity index (χ1v) is 7.46. The van der Waals surface area contributed by atoms with Crippen LogP contribution in [0.2, 0.25) is 0 Å². The molecule has 23 heavy (non-hydrogen) atoms. The van der Waals surface area contributed by atoms with Crippen molar-refractivity contribution >= 4 is 23.3 Å². The third-order valence-electron chi connectivity index (χ3n) is 3.24. The van der Waals surface area contributed by atoms with E-state index in [1.165, 1.54) is 0 Å². The van der Waals surface area contributed by atoms with Gasteiger partial charge >= 0.3 is 5.97 Å². The second-order valence-electron chi connectivity index (χ2n) is 5.02. The van der Waals surface area contributed by atoms with Gasteiger partial charge in [-0.1, -0.05) is 24.3 Å². The van der Waals surface area contributed by atoms with E-state index in [2.05, 4.69) is 10.6 Å². The maximum absolute atomic E-state index is 12.0. The summed E-state index contributed by atoms with van der Waals surface area (Å²) in [7, 11) is 0. The fourth-order valence-corrected chi connectivity index (χ4v) is 2.09. The van der Waals surface area contributed by atoms with Gasteiger partial charge in [0.05, 0.1) is 18.7 Å². The van der Waals surface area contributed by atoms with Crippen molar-refractivity contribution < 1.29 is 14.3 Å². The van der Waals surface area contributed by atoms with Crippen molar-refractivity contribution in [3.63, 3.8) is 0 Å². The largest absolute Gasteiger partial charge is 0.462 e. The average Bonchev–Trinajstić information content (AvgIpc) is 2.54. The van der Waals surface area contributed by atoms with Gasteiger partial charge in [0.2, 0.25) is 5.91 Å². The average molecular weight is 312 g/mol. The lowest BCUT2D eigenvalue weighted by molar-refractivity contribution is -0.114. The lowest BCUT2D eigenvalue weighted by Crippen LogP contribution is -2.22. The molecular weight excluding hydrogens is 292 g/mol. The van der Waals surface area contributed by atoms with Crippen molar-refractivity contribution in [2.75, 3.05) is 23.8 Å². The molecule has 5 nitrogen and oxygen atoms in total. The predicted octanol–water partition coefficient (Wildman–Crippen LogP) is 3.22. The first-order chi connectivity index (χ1) is 11.1. The van der Waals surface area contributed by atoms with Gasteiger partial charge in [-0.2, -0.15) is 0 Å². The molecular formula is C18H20N2O3. The Hall–Kier alpha value is -2.82. The van der Waals surface area contributed by atoms with Crippen molar-refractivity contribution in [3.05, 3.63) is 59.7 Å². The highest BCUT2D eigenvalue weighted by atomic mass is 16.5. The van der Waals surface area contributed by atoms with Crippen LogP contribution in [0.25, 0.3) is 0 Å². The van der Waals surface area contributed by atoms with E-state index < -0.39 is 5.97 Å². The molecule has 0 spiro atoms. The fraction of sp³-hybridized carbons (Fsp3) is 0.222. The number of anilines is 2. The van der Waals surface area contributed by atoms with Gasteiger partial charge in [0, 0.05) is 11.4 Å². The molecule has 1 amide bonds. The van der Waals surface area contributed by atoms with Crippen LogP contribution in [0.4, 0.5) is 11.4 Å². The second-order valence-corrected chi connectivity index (χ2v) is 5.02. The number of amides is 1. The summed E-state index contributed by atoms with van der Waals surface area (Å²) in [5.74, 6) is -0.587. The molecule has 0 aliphatic rings. The number of nitrogens with one attached hydrogen (secondary N) is 2. The molecule has 0 bridgehead atoms. The molecule has 0 aliphatic carbocycles. The molecule has 2 aromatic carbocycles. The fourth-order valence-electron chi connectivity index (χ4n) is 2.09. The Kier molecular flexibility index (Phi) is 5.74. The van der Waals surface area contributed by atoms with Crippen molar-refractivity contribution in [1.82, 2.24) is 0 Å². The summed E-state index contributed by atoms with van der Waals surface area (Å²) in [4.78, 5) is 23.7. The molecule has 0 atom stereocenters. The normalized spacial score (nSPS) is 10.0. The first-order valence-electron chi connectivity index (χ1n) is 7.46. The molecule has 0 unspecified atom stereocenters. The monoisotopic (exact) mass is 312 g/mol. The zero-order chi connectivity index (χ0) is 16.7. The van der Waals surface area contributed by atoms with Crippen LogP contribution in [-0.4, -0.2) is 25.0 Å². The number of benzene rings is 2. The van der Waals surface area contributed by atoms with E-state index >= 15 is 0 Å². The number of esters is 1. The highest BCUT2D eigenvalue weighted by Crippen LogP contribution is 2.14. The maximum atomic E-state index is 12.0. The Bertz CT molecular complexity index is 698. The number of hydrogen-bond acceptors (Lipinski definition) is 4. The highest BCUT2D eigenvalue weighted by molar-refractivity contribution is 5.96. The van der Waals surface area contributed by atoms with E-state index in [-0.39, 0.29) is 12.5 Å². The number of ether oxygens (including phenoxy) is 1. The number of hydrogen-bond donors (Lipinski definition) is 2. The third-order valence-corrected chi connectivity index (χ3v) is 3.24. The van der Waals surface area contributed by atoms with Gasteiger partial charge in [0.1, 0.15) is 0 Å². The minimum atomic E-state index is -0.401. The zero-order valence-electron chi connectivity index (χ0n) is 13.3. The molecule has 0 aliphatic heterocycles. The number of para-hydroxylation sites is 1. The van der Waals surface area contributed by atoms with Gasteiger partial charge in [0.15, 0.2) is 0 Å². The summed E-state index contributed by atoms with van der Waals surface area (Å²) in [6, 6.07) is 14.4. The molecule has 0 saturated heterocycles. The second kappa shape index (κ2) is 7.98. The minimum absolute atomic E-state index is 0.147. The van der Waals surface area contributed by atoms with Gasteiger partial charge in [-0.25, -0.2) is 4.79 Å². The molecule has 0 saturated carbocycles. The van der Waals surface area contributed by atoms with E-state index in [4.69, 9.17) is 4.74 Å². The first kappa shape index (κ1) is 16.5. The molecule has 0 aromatic heterocycles. The SMILES string of the molecule is CCOC(=O)c1cccc(NC(=O)CNc2ccccc2C)c1. The molecule has 120 valence electrons. The van der Waals surface area contributed by atoms with Crippen LogP contribution in [-0.2, 0) is 9.53 Å². The third kappa shape index (κ3) is 4.85. The number of aryl methyl sites for hydroxylation is 1. The topological polar surface area (TPSA) is 67.4 Å². The Morgan fingerprint density at radius 3 is 2.61 bits per heavy atom. The Morgan fingerprint density at radius 1 is 1.09 bits per heavy atom. The minimum Gasteiger partial charge on any atom is -0.462 e. The zero-order valence-corrected chi connectivity index (χ0v) is 13.3. The lowest BCUT2D eigenvalue weighted by Gasteiger charge is -2.10. The van der Waals surface area contributed by atoms with Gasteiger partial charge < -0.3 is 15.4 Å². The Balaban J connectivity index is 1.94. The van der Waals surface area contributed by atoms with Crippen LogP contribution in [0.1, 0.15) is 22.8 Å². The van der Waals surface area contributed by atoms with Crippen LogP contribution in [0.5, 0.6) is 0 Å². The van der Waals surface area contributed by atoms with E-state index in [0.717, 1.165) is 11.3 Å². The summed E-state index contributed by atoms with van der Waals surface area (Å²) in [5, 5.41) is 5.85. The molecule has 2 rings (SSSR count). The van der Waals surface area contributed by atoms with Crippen molar-refractivity contribution in [2.24, 2.45) is 0 Å². The van der Waals surface area contributed by atoms with Crippen molar-refractivity contribution in [3.8, 4) is 0 Å². The van der Waals surface area contributed by atoms with Gasteiger partial charge in [-0.05, 0) is 43.7 Å². The quantitative estimate of drug-likeness (QED) is 0.804. The van der Waals surface area contributed by atoms with Crippen LogP contribution < -0.4 is 10.6 Å². The van der Waals surface area contributed by atoms with Crippen molar-refractivity contribution in [2.45, 2.75) is 13.8 Å². The molecule has 0 heterocycles. The number of rotatable bonds is 6. The Labute approximate surface area is 135 Å². The molecule has 0 fully saturated rings. The standard InChI is InChI=1S/C18H20N2O3/c1-3-23-18(22)14-8-6-9-15(11-14)20-17(21)12-19-16-10-5-4-7-13(16)2/h4-11,19H,3,12H2,1-2H3,(H,20,21). The van der Waals surface area contributed by atoms with E-state index in [9.17, 15) is 9.59 Å². The maximum Gasteiger partial charge on any atom is 0.338 e.